The number of alkyl halides is 3. The number of hydrogen-bond donors (Lipinski definition) is 1. The maximum absolute atomic E-state index is 12.5. The number of rotatable bonds is 7. The summed E-state index contributed by atoms with van der Waals surface area (Å²) in [5.74, 6) is 0.541. The molecular weight excluding hydrogens is 265 g/mol. The summed E-state index contributed by atoms with van der Waals surface area (Å²) in [4.78, 5) is 3.94. The van der Waals surface area contributed by atoms with Gasteiger partial charge < -0.3 is 5.32 Å². The summed E-state index contributed by atoms with van der Waals surface area (Å²) in [6.45, 7) is 7.29. The molecule has 1 aromatic heterocycles. The van der Waals surface area contributed by atoms with Gasteiger partial charge in [-0.25, -0.2) is 0 Å². The highest BCUT2D eigenvalue weighted by molar-refractivity contribution is 5.17. The molecule has 2 nitrogen and oxygen atoms in total. The number of nitrogens with one attached hydrogen (secondary N) is 1. The van der Waals surface area contributed by atoms with Crippen molar-refractivity contribution in [3.63, 3.8) is 0 Å². The van der Waals surface area contributed by atoms with E-state index < -0.39 is 11.7 Å². The fourth-order valence-corrected chi connectivity index (χ4v) is 2.12. The second kappa shape index (κ2) is 7.62. The van der Waals surface area contributed by atoms with Gasteiger partial charge in [0.05, 0.1) is 5.56 Å². The van der Waals surface area contributed by atoms with Crippen molar-refractivity contribution in [2.75, 3.05) is 6.54 Å². The summed E-state index contributed by atoms with van der Waals surface area (Å²) < 4.78 is 37.4. The van der Waals surface area contributed by atoms with Crippen molar-refractivity contribution >= 4 is 0 Å². The van der Waals surface area contributed by atoms with Crippen LogP contribution in [0.3, 0.4) is 0 Å². The third-order valence-electron chi connectivity index (χ3n) is 3.05. The maximum Gasteiger partial charge on any atom is 0.417 e. The normalized spacial score (nSPS) is 13.8. The predicted molar refractivity (Wildman–Crippen MR) is 74.5 cm³/mol. The van der Waals surface area contributed by atoms with Gasteiger partial charge in [-0.15, -0.1) is 0 Å². The number of hydrogen-bond acceptors (Lipinski definition) is 2. The average Bonchev–Trinajstić information content (AvgIpc) is 2.35. The zero-order valence-electron chi connectivity index (χ0n) is 12.3. The summed E-state index contributed by atoms with van der Waals surface area (Å²) >= 11 is 0. The number of pyridine rings is 1. The number of nitrogens with zero attached hydrogens (tertiary/aromatic N) is 1. The Labute approximate surface area is 118 Å². The van der Waals surface area contributed by atoms with E-state index in [4.69, 9.17) is 0 Å². The molecule has 1 heterocycles. The van der Waals surface area contributed by atoms with E-state index in [1.54, 1.807) is 0 Å². The van der Waals surface area contributed by atoms with E-state index in [1.807, 2.05) is 0 Å². The van der Waals surface area contributed by atoms with Crippen LogP contribution in [0.2, 0.25) is 0 Å². The van der Waals surface area contributed by atoms with Crippen LogP contribution in [0, 0.1) is 5.92 Å². The van der Waals surface area contributed by atoms with E-state index in [2.05, 4.69) is 31.1 Å². The minimum atomic E-state index is -4.32. The molecule has 1 unspecified atom stereocenters. The first-order valence-corrected chi connectivity index (χ1v) is 7.08. The Morgan fingerprint density at radius 3 is 2.40 bits per heavy atom. The van der Waals surface area contributed by atoms with Gasteiger partial charge in [0.2, 0.25) is 0 Å². The minimum absolute atomic E-state index is 0.263. The molecule has 1 rings (SSSR count). The lowest BCUT2D eigenvalue weighted by Crippen LogP contribution is -2.33. The summed E-state index contributed by atoms with van der Waals surface area (Å²) in [6, 6.07) is 2.84. The first-order chi connectivity index (χ1) is 9.32. The highest BCUT2D eigenvalue weighted by Crippen LogP contribution is 2.28. The van der Waals surface area contributed by atoms with Gasteiger partial charge in [-0.1, -0.05) is 20.8 Å². The van der Waals surface area contributed by atoms with Crippen molar-refractivity contribution in [1.82, 2.24) is 10.3 Å². The molecule has 1 N–H and O–H groups in total. The SMILES string of the molecule is CCCNC(Cc1ccc(C(F)(F)F)cn1)CC(C)C. The smallest absolute Gasteiger partial charge is 0.314 e. The second-order valence-electron chi connectivity index (χ2n) is 5.52. The van der Waals surface area contributed by atoms with Crippen LogP contribution in [0.15, 0.2) is 18.3 Å². The first-order valence-electron chi connectivity index (χ1n) is 7.08. The van der Waals surface area contributed by atoms with Gasteiger partial charge >= 0.3 is 6.18 Å². The molecule has 0 aliphatic carbocycles. The van der Waals surface area contributed by atoms with E-state index >= 15 is 0 Å². The molecule has 20 heavy (non-hydrogen) atoms. The second-order valence-corrected chi connectivity index (χ2v) is 5.52. The van der Waals surface area contributed by atoms with E-state index in [0.717, 1.165) is 31.6 Å². The molecule has 0 aromatic carbocycles. The predicted octanol–water partition coefficient (Wildman–Crippen LogP) is 4.06. The Morgan fingerprint density at radius 2 is 1.95 bits per heavy atom. The Bertz CT molecular complexity index is 385. The van der Waals surface area contributed by atoms with Crippen LogP contribution in [0.4, 0.5) is 13.2 Å². The zero-order valence-corrected chi connectivity index (χ0v) is 12.3. The van der Waals surface area contributed by atoms with Crippen LogP contribution in [0.1, 0.15) is 44.9 Å². The van der Waals surface area contributed by atoms with E-state index in [0.29, 0.717) is 18.0 Å². The highest BCUT2D eigenvalue weighted by Gasteiger charge is 2.30. The average molecular weight is 288 g/mol. The molecule has 0 spiro atoms. The summed E-state index contributed by atoms with van der Waals surface area (Å²) in [5.41, 5.74) is 0.00966. The molecule has 5 heteroatoms. The first kappa shape index (κ1) is 17.0. The molecular formula is C15H23F3N2. The third-order valence-corrected chi connectivity index (χ3v) is 3.05. The molecule has 114 valence electrons. The fraction of sp³-hybridized carbons (Fsp3) is 0.667. The quantitative estimate of drug-likeness (QED) is 0.818. The Balaban J connectivity index is 2.68. The molecule has 0 bridgehead atoms. The van der Waals surface area contributed by atoms with Gasteiger partial charge in [0.15, 0.2) is 0 Å². The molecule has 0 aliphatic heterocycles. The molecule has 0 fully saturated rings. The van der Waals surface area contributed by atoms with E-state index in [1.165, 1.54) is 6.07 Å². The largest absolute Gasteiger partial charge is 0.417 e. The van der Waals surface area contributed by atoms with Crippen molar-refractivity contribution in [3.8, 4) is 0 Å². The van der Waals surface area contributed by atoms with Crippen molar-refractivity contribution in [1.29, 1.82) is 0 Å². The third kappa shape index (κ3) is 5.90. The summed E-state index contributed by atoms with van der Waals surface area (Å²) in [6.07, 6.45) is -0.709. The monoisotopic (exact) mass is 288 g/mol. The van der Waals surface area contributed by atoms with Crippen molar-refractivity contribution < 1.29 is 13.2 Å². The van der Waals surface area contributed by atoms with Crippen LogP contribution >= 0.6 is 0 Å². The lowest BCUT2D eigenvalue weighted by Gasteiger charge is -2.20. The van der Waals surface area contributed by atoms with Crippen molar-refractivity contribution in [2.45, 2.75) is 52.3 Å². The van der Waals surface area contributed by atoms with Crippen molar-refractivity contribution in [3.05, 3.63) is 29.6 Å². The van der Waals surface area contributed by atoms with E-state index in [-0.39, 0.29) is 6.04 Å². The number of halogens is 3. The molecule has 0 saturated heterocycles. The van der Waals surface area contributed by atoms with Crippen LogP contribution in [-0.4, -0.2) is 17.6 Å². The highest BCUT2D eigenvalue weighted by atomic mass is 19.4. The standard InChI is InChI=1S/C15H23F3N2/c1-4-7-19-14(8-11(2)3)9-13-6-5-12(10-20-13)15(16,17)18/h5-6,10-11,14,19H,4,7-9H2,1-3H3. The lowest BCUT2D eigenvalue weighted by molar-refractivity contribution is -0.137. The van der Waals surface area contributed by atoms with Crippen LogP contribution in [0.25, 0.3) is 0 Å². The molecule has 0 saturated carbocycles. The van der Waals surface area contributed by atoms with Gasteiger partial charge in [-0.2, -0.15) is 13.2 Å². The molecule has 1 atom stereocenters. The molecule has 0 aliphatic rings. The molecule has 1 aromatic rings. The minimum Gasteiger partial charge on any atom is -0.314 e. The summed E-state index contributed by atoms with van der Waals surface area (Å²) in [5, 5.41) is 3.43. The topological polar surface area (TPSA) is 24.9 Å². The van der Waals surface area contributed by atoms with Crippen LogP contribution < -0.4 is 5.32 Å². The fourth-order valence-electron chi connectivity index (χ4n) is 2.12. The van der Waals surface area contributed by atoms with Gasteiger partial charge in [-0.05, 0) is 37.4 Å². The van der Waals surface area contributed by atoms with Crippen LogP contribution in [0.5, 0.6) is 0 Å². The van der Waals surface area contributed by atoms with Crippen molar-refractivity contribution in [2.24, 2.45) is 5.92 Å². The van der Waals surface area contributed by atoms with Gasteiger partial charge in [0, 0.05) is 24.4 Å². The Hall–Kier alpha value is -1.10. The Morgan fingerprint density at radius 1 is 1.25 bits per heavy atom. The molecule has 0 amide bonds. The summed E-state index contributed by atoms with van der Waals surface area (Å²) in [7, 11) is 0. The van der Waals surface area contributed by atoms with Crippen LogP contribution in [-0.2, 0) is 12.6 Å². The van der Waals surface area contributed by atoms with Gasteiger partial charge in [-0.3, -0.25) is 4.98 Å². The molecule has 0 radical (unpaired) electrons. The lowest BCUT2D eigenvalue weighted by atomic mass is 9.99. The van der Waals surface area contributed by atoms with Gasteiger partial charge in [0.25, 0.3) is 0 Å². The Kier molecular flexibility index (Phi) is 6.46. The van der Waals surface area contributed by atoms with E-state index in [9.17, 15) is 13.2 Å². The number of aromatic nitrogens is 1. The zero-order chi connectivity index (χ0) is 15.2. The van der Waals surface area contributed by atoms with Gasteiger partial charge in [0.1, 0.15) is 0 Å². The maximum atomic E-state index is 12.5.